The minimum atomic E-state index is 0.549. The maximum atomic E-state index is 10.9. The largest absolute Gasteiger partial charge is 0.490 e. The van der Waals surface area contributed by atoms with Crippen molar-refractivity contribution in [3.63, 3.8) is 0 Å². The molecule has 3 heteroatoms. The normalized spacial score (nSPS) is 10.0. The van der Waals surface area contributed by atoms with Crippen LogP contribution in [0, 0.1) is 0 Å². The number of carbonyl (C=O) groups excluding carboxylic acids is 1. The lowest BCUT2D eigenvalue weighted by Crippen LogP contribution is -2.03. The van der Waals surface area contributed by atoms with Gasteiger partial charge >= 0.3 is 0 Å². The Morgan fingerprint density at radius 2 is 2.00 bits per heavy atom. The van der Waals surface area contributed by atoms with Crippen LogP contribution in [0.4, 0.5) is 0 Å². The number of benzene rings is 1. The third kappa shape index (κ3) is 4.10. The predicted molar refractivity (Wildman–Crippen MR) is 68.0 cm³/mol. The molecule has 0 aromatic heterocycles. The first-order chi connectivity index (χ1) is 8.33. The van der Waals surface area contributed by atoms with E-state index in [2.05, 4.69) is 6.92 Å². The summed E-state index contributed by atoms with van der Waals surface area (Å²) in [5, 5.41) is 0. The molecule has 3 nitrogen and oxygen atoms in total. The average molecular weight is 236 g/mol. The van der Waals surface area contributed by atoms with Crippen LogP contribution in [0.15, 0.2) is 18.2 Å². The molecule has 1 aromatic rings. The molecule has 0 spiro atoms. The monoisotopic (exact) mass is 236 g/mol. The minimum Gasteiger partial charge on any atom is -0.490 e. The van der Waals surface area contributed by atoms with Gasteiger partial charge in [0.15, 0.2) is 17.8 Å². The van der Waals surface area contributed by atoms with Crippen molar-refractivity contribution < 1.29 is 14.3 Å². The lowest BCUT2D eigenvalue weighted by molar-refractivity contribution is 0.111. The van der Waals surface area contributed by atoms with Crippen LogP contribution in [0.3, 0.4) is 0 Å². The van der Waals surface area contributed by atoms with Gasteiger partial charge in [-0.25, -0.2) is 0 Å². The highest BCUT2D eigenvalue weighted by atomic mass is 16.5. The van der Waals surface area contributed by atoms with Crippen molar-refractivity contribution in [3.8, 4) is 11.5 Å². The quantitative estimate of drug-likeness (QED) is 0.512. The number of unbranched alkanes of at least 4 members (excludes halogenated alkanes) is 2. The van der Waals surface area contributed by atoms with Crippen LogP contribution < -0.4 is 9.47 Å². The third-order valence-electron chi connectivity index (χ3n) is 2.43. The van der Waals surface area contributed by atoms with Gasteiger partial charge in [-0.05, 0) is 25.5 Å². The Morgan fingerprint density at radius 1 is 1.18 bits per heavy atom. The molecular formula is C14H20O3. The summed E-state index contributed by atoms with van der Waals surface area (Å²) < 4.78 is 11.1. The molecule has 17 heavy (non-hydrogen) atoms. The second kappa shape index (κ2) is 7.71. The Morgan fingerprint density at radius 3 is 2.65 bits per heavy atom. The second-order valence-electron chi connectivity index (χ2n) is 3.78. The smallest absolute Gasteiger partial charge is 0.171 e. The summed E-state index contributed by atoms with van der Waals surface area (Å²) in [5.41, 5.74) is 0.549. The van der Waals surface area contributed by atoms with Crippen LogP contribution in [0.5, 0.6) is 11.5 Å². The summed E-state index contributed by atoms with van der Waals surface area (Å²) in [6.07, 6.45) is 4.08. The van der Waals surface area contributed by atoms with Gasteiger partial charge in [-0.1, -0.05) is 25.8 Å². The molecule has 0 bridgehead atoms. The predicted octanol–water partition coefficient (Wildman–Crippen LogP) is 3.47. The fourth-order valence-electron chi connectivity index (χ4n) is 1.58. The highest BCUT2D eigenvalue weighted by molar-refractivity contribution is 5.81. The maximum absolute atomic E-state index is 10.9. The van der Waals surface area contributed by atoms with Crippen molar-refractivity contribution >= 4 is 6.29 Å². The summed E-state index contributed by atoms with van der Waals surface area (Å²) in [6.45, 7) is 5.24. The van der Waals surface area contributed by atoms with E-state index in [1.807, 2.05) is 13.0 Å². The van der Waals surface area contributed by atoms with Crippen molar-refractivity contribution in [2.45, 2.75) is 33.1 Å². The molecule has 0 amide bonds. The number of hydrogen-bond donors (Lipinski definition) is 0. The zero-order valence-electron chi connectivity index (χ0n) is 10.6. The molecule has 1 rings (SSSR count). The number of hydrogen-bond acceptors (Lipinski definition) is 3. The van der Waals surface area contributed by atoms with Gasteiger partial charge in [-0.2, -0.15) is 0 Å². The topological polar surface area (TPSA) is 35.5 Å². The Bertz CT molecular complexity index is 347. The van der Waals surface area contributed by atoms with E-state index in [0.29, 0.717) is 30.3 Å². The summed E-state index contributed by atoms with van der Waals surface area (Å²) in [5.74, 6) is 1.22. The van der Waals surface area contributed by atoms with E-state index in [1.54, 1.807) is 12.1 Å². The highest BCUT2D eigenvalue weighted by Crippen LogP contribution is 2.30. The third-order valence-corrected chi connectivity index (χ3v) is 2.43. The van der Waals surface area contributed by atoms with Crippen molar-refractivity contribution in [2.75, 3.05) is 13.2 Å². The molecule has 0 atom stereocenters. The van der Waals surface area contributed by atoms with Crippen molar-refractivity contribution in [1.82, 2.24) is 0 Å². The van der Waals surface area contributed by atoms with Gasteiger partial charge in [0.05, 0.1) is 18.8 Å². The van der Waals surface area contributed by atoms with Crippen molar-refractivity contribution in [2.24, 2.45) is 0 Å². The molecular weight excluding hydrogens is 216 g/mol. The number of aldehydes is 1. The molecule has 0 aliphatic heterocycles. The second-order valence-corrected chi connectivity index (χ2v) is 3.78. The number of carbonyl (C=O) groups is 1. The minimum absolute atomic E-state index is 0.549. The Balaban J connectivity index is 2.74. The maximum Gasteiger partial charge on any atom is 0.171 e. The lowest BCUT2D eigenvalue weighted by Gasteiger charge is -2.13. The van der Waals surface area contributed by atoms with Crippen LogP contribution >= 0.6 is 0 Å². The van der Waals surface area contributed by atoms with Crippen molar-refractivity contribution in [1.29, 1.82) is 0 Å². The molecule has 0 saturated heterocycles. The van der Waals surface area contributed by atoms with E-state index in [-0.39, 0.29) is 0 Å². The number of rotatable bonds is 8. The van der Waals surface area contributed by atoms with Crippen molar-refractivity contribution in [3.05, 3.63) is 23.8 Å². The van der Waals surface area contributed by atoms with Gasteiger partial charge in [0, 0.05) is 0 Å². The van der Waals surface area contributed by atoms with Gasteiger partial charge in [0.25, 0.3) is 0 Å². The van der Waals surface area contributed by atoms with Gasteiger partial charge in [-0.3, -0.25) is 4.79 Å². The van der Waals surface area contributed by atoms with E-state index in [1.165, 1.54) is 0 Å². The van der Waals surface area contributed by atoms with E-state index in [4.69, 9.17) is 9.47 Å². The standard InChI is InChI=1S/C14H20O3/c1-3-5-6-10-17-14-12(11-15)8-7-9-13(14)16-4-2/h7-9,11H,3-6,10H2,1-2H3. The molecule has 0 aliphatic carbocycles. The average Bonchev–Trinajstić information content (AvgIpc) is 2.36. The van der Waals surface area contributed by atoms with Crippen LogP contribution in [0.1, 0.15) is 43.5 Å². The molecule has 0 saturated carbocycles. The highest BCUT2D eigenvalue weighted by Gasteiger charge is 2.09. The Kier molecular flexibility index (Phi) is 6.15. The first kappa shape index (κ1) is 13.6. The van der Waals surface area contributed by atoms with Crippen LogP contribution in [-0.2, 0) is 0 Å². The first-order valence-corrected chi connectivity index (χ1v) is 6.17. The Labute approximate surface area is 103 Å². The zero-order chi connectivity index (χ0) is 12.5. The fraction of sp³-hybridized carbons (Fsp3) is 0.500. The molecule has 0 aliphatic rings. The Hall–Kier alpha value is -1.51. The van der Waals surface area contributed by atoms with E-state index in [9.17, 15) is 4.79 Å². The van der Waals surface area contributed by atoms with Crippen LogP contribution in [-0.4, -0.2) is 19.5 Å². The molecule has 0 radical (unpaired) electrons. The van der Waals surface area contributed by atoms with Gasteiger partial charge in [0.1, 0.15) is 0 Å². The SMILES string of the molecule is CCCCCOc1c(C=O)cccc1OCC. The fourth-order valence-corrected chi connectivity index (χ4v) is 1.58. The summed E-state index contributed by atoms with van der Waals surface area (Å²) in [7, 11) is 0. The summed E-state index contributed by atoms with van der Waals surface area (Å²) in [6, 6.07) is 5.37. The number of para-hydroxylation sites is 1. The lowest BCUT2D eigenvalue weighted by atomic mass is 10.2. The van der Waals surface area contributed by atoms with Gasteiger partial charge in [0.2, 0.25) is 0 Å². The first-order valence-electron chi connectivity index (χ1n) is 6.17. The molecule has 0 unspecified atom stereocenters. The van der Waals surface area contributed by atoms with Crippen LogP contribution in [0.2, 0.25) is 0 Å². The summed E-state index contributed by atoms with van der Waals surface area (Å²) in [4.78, 5) is 10.9. The molecule has 0 fully saturated rings. The molecule has 0 heterocycles. The van der Waals surface area contributed by atoms with Gasteiger partial charge in [-0.15, -0.1) is 0 Å². The van der Waals surface area contributed by atoms with E-state index >= 15 is 0 Å². The van der Waals surface area contributed by atoms with E-state index < -0.39 is 0 Å². The molecule has 94 valence electrons. The molecule has 1 aromatic carbocycles. The zero-order valence-corrected chi connectivity index (χ0v) is 10.6. The summed E-state index contributed by atoms with van der Waals surface area (Å²) >= 11 is 0. The van der Waals surface area contributed by atoms with Gasteiger partial charge < -0.3 is 9.47 Å². The number of ether oxygens (including phenoxy) is 2. The van der Waals surface area contributed by atoms with Crippen LogP contribution in [0.25, 0.3) is 0 Å². The van der Waals surface area contributed by atoms with E-state index in [0.717, 1.165) is 25.5 Å². The molecule has 0 N–H and O–H groups in total.